The Labute approximate surface area is 366 Å². The molecule has 12 aromatic rings. The van der Waals surface area contributed by atoms with E-state index >= 15 is 0 Å². The van der Waals surface area contributed by atoms with Crippen LogP contribution >= 0.6 is 0 Å². The Morgan fingerprint density at radius 3 is 1.05 bits per heavy atom. The molecule has 0 amide bonds. The molecule has 0 aliphatic carbocycles. The lowest BCUT2D eigenvalue weighted by Gasteiger charge is -2.19. The van der Waals surface area contributed by atoms with Crippen molar-refractivity contribution >= 4 is 43.5 Å². The van der Waals surface area contributed by atoms with E-state index < -0.39 is 0 Å². The molecule has 1 heterocycles. The second-order valence-electron chi connectivity index (χ2n) is 16.4. The molecule has 12 rings (SSSR count). The van der Waals surface area contributed by atoms with Crippen LogP contribution in [0.15, 0.2) is 247 Å². The smallest absolute Gasteiger partial charge is 0.143 e. The summed E-state index contributed by atoms with van der Waals surface area (Å²) in [5.74, 6) is 0. The Kier molecular flexibility index (Phi) is 8.90. The van der Waals surface area contributed by atoms with E-state index in [0.29, 0.717) is 0 Å². The van der Waals surface area contributed by atoms with Crippen molar-refractivity contribution in [3.8, 4) is 77.9 Å². The third kappa shape index (κ3) is 6.42. The van der Waals surface area contributed by atoms with Crippen molar-refractivity contribution < 1.29 is 4.42 Å². The fourth-order valence-electron chi connectivity index (χ4n) is 9.68. The van der Waals surface area contributed by atoms with Gasteiger partial charge in [0, 0.05) is 21.9 Å². The summed E-state index contributed by atoms with van der Waals surface area (Å²) in [6, 6.07) is 87.8. The first-order valence-electron chi connectivity index (χ1n) is 21.7. The average Bonchev–Trinajstić information content (AvgIpc) is 3.75. The molecule has 1 nitrogen and oxygen atoms in total. The van der Waals surface area contributed by atoms with Crippen LogP contribution in [0.3, 0.4) is 0 Å². The molecule has 1 heteroatoms. The predicted octanol–water partition coefficient (Wildman–Crippen LogP) is 17.6. The van der Waals surface area contributed by atoms with Gasteiger partial charge >= 0.3 is 0 Å². The van der Waals surface area contributed by atoms with Gasteiger partial charge in [-0.25, -0.2) is 0 Å². The second kappa shape index (κ2) is 15.3. The summed E-state index contributed by atoms with van der Waals surface area (Å²) in [6.45, 7) is 0. The van der Waals surface area contributed by atoms with Crippen LogP contribution in [-0.2, 0) is 0 Å². The molecule has 0 saturated heterocycles. The fourth-order valence-corrected chi connectivity index (χ4v) is 9.68. The lowest BCUT2D eigenvalue weighted by Crippen LogP contribution is -1.91. The SMILES string of the molecule is c1ccc(-c2cc(-c3ccccc3)c3oc4c(-c5ccccc5)cc(-c5cccc(-c6ccc7c(-c8ccccc8)c8ccccc8c(-c8ccccc8)c7c6)c5)cc4c3c2)cc1. The van der Waals surface area contributed by atoms with Crippen LogP contribution in [0.4, 0.5) is 0 Å². The molecular weight excluding hydrogens is 761 g/mol. The molecule has 63 heavy (non-hydrogen) atoms. The molecule has 1 aromatic heterocycles. The van der Waals surface area contributed by atoms with Gasteiger partial charge in [-0.1, -0.05) is 206 Å². The van der Waals surface area contributed by atoms with Crippen LogP contribution in [0.5, 0.6) is 0 Å². The Morgan fingerprint density at radius 2 is 0.540 bits per heavy atom. The maximum Gasteiger partial charge on any atom is 0.143 e. The largest absolute Gasteiger partial charge is 0.455 e. The summed E-state index contributed by atoms with van der Waals surface area (Å²) in [5.41, 5.74) is 18.1. The molecule has 0 radical (unpaired) electrons. The van der Waals surface area contributed by atoms with E-state index in [0.717, 1.165) is 60.9 Å². The van der Waals surface area contributed by atoms with E-state index in [-0.39, 0.29) is 0 Å². The van der Waals surface area contributed by atoms with E-state index in [1.165, 1.54) is 60.5 Å². The highest BCUT2D eigenvalue weighted by molar-refractivity contribution is 6.22. The topological polar surface area (TPSA) is 13.1 Å². The first kappa shape index (κ1) is 36.6. The zero-order valence-corrected chi connectivity index (χ0v) is 34.5. The van der Waals surface area contributed by atoms with Crippen molar-refractivity contribution in [1.82, 2.24) is 0 Å². The van der Waals surface area contributed by atoms with Crippen LogP contribution in [-0.4, -0.2) is 0 Å². The number of rotatable bonds is 7. The number of benzene rings is 11. The van der Waals surface area contributed by atoms with Crippen molar-refractivity contribution in [2.75, 3.05) is 0 Å². The minimum atomic E-state index is 0.892. The van der Waals surface area contributed by atoms with Crippen molar-refractivity contribution in [2.24, 2.45) is 0 Å². The standard InChI is InChI=1S/C62H40O/c1-6-19-41(20-7-1)49-37-54(42-21-8-2-9-22-42)61-57(39-49)58-40-50(38-55(62(58)63-61)43-23-10-3-11-24-43)47-30-18-29-46(35-47)48-33-34-53-56(36-48)60(45-27-14-5-15-28-45)52-32-17-16-31-51(52)59(53)44-25-12-4-13-26-44/h1-40H. The molecule has 0 unspecified atom stereocenters. The average molecular weight is 801 g/mol. The molecule has 0 bridgehead atoms. The lowest BCUT2D eigenvalue weighted by atomic mass is 9.84. The molecule has 11 aromatic carbocycles. The molecule has 0 atom stereocenters. The minimum Gasteiger partial charge on any atom is -0.455 e. The third-order valence-corrected chi connectivity index (χ3v) is 12.6. The van der Waals surface area contributed by atoms with Crippen LogP contribution in [0, 0.1) is 0 Å². The molecule has 0 saturated carbocycles. The van der Waals surface area contributed by atoms with Gasteiger partial charge in [-0.15, -0.1) is 0 Å². The van der Waals surface area contributed by atoms with Gasteiger partial charge < -0.3 is 4.42 Å². The summed E-state index contributed by atoms with van der Waals surface area (Å²) in [4.78, 5) is 0. The summed E-state index contributed by atoms with van der Waals surface area (Å²) in [6.07, 6.45) is 0. The van der Waals surface area contributed by atoms with Gasteiger partial charge in [0.2, 0.25) is 0 Å². The lowest BCUT2D eigenvalue weighted by molar-refractivity contribution is 0.671. The number of fused-ring (bicyclic) bond motifs is 5. The van der Waals surface area contributed by atoms with Crippen LogP contribution in [0.1, 0.15) is 0 Å². The van der Waals surface area contributed by atoms with Crippen molar-refractivity contribution in [2.45, 2.75) is 0 Å². The van der Waals surface area contributed by atoms with Crippen molar-refractivity contribution in [1.29, 1.82) is 0 Å². The highest BCUT2D eigenvalue weighted by Gasteiger charge is 2.21. The first-order chi connectivity index (χ1) is 31.2. The predicted molar refractivity (Wildman–Crippen MR) is 267 cm³/mol. The fraction of sp³-hybridized carbons (Fsp3) is 0. The summed E-state index contributed by atoms with van der Waals surface area (Å²) in [7, 11) is 0. The third-order valence-electron chi connectivity index (χ3n) is 12.6. The molecular formula is C62H40O. The quantitative estimate of drug-likeness (QED) is 0.146. The van der Waals surface area contributed by atoms with E-state index in [9.17, 15) is 0 Å². The molecule has 0 spiro atoms. The second-order valence-corrected chi connectivity index (χ2v) is 16.4. The Morgan fingerprint density at radius 1 is 0.190 bits per heavy atom. The molecule has 0 aliphatic heterocycles. The Bertz CT molecular complexity index is 3630. The Hall–Kier alpha value is -8.26. The highest BCUT2D eigenvalue weighted by atomic mass is 16.3. The Balaban J connectivity index is 1.08. The zero-order chi connectivity index (χ0) is 41.7. The maximum atomic E-state index is 7.06. The van der Waals surface area contributed by atoms with Gasteiger partial charge in [0.05, 0.1) is 0 Å². The zero-order valence-electron chi connectivity index (χ0n) is 34.5. The molecule has 0 N–H and O–H groups in total. The number of hydrogen-bond donors (Lipinski definition) is 0. The van der Waals surface area contributed by atoms with E-state index in [2.05, 4.69) is 243 Å². The maximum absolute atomic E-state index is 7.06. The summed E-state index contributed by atoms with van der Waals surface area (Å²) in [5, 5.41) is 7.19. The number of furan rings is 1. The summed E-state index contributed by atoms with van der Waals surface area (Å²) >= 11 is 0. The van der Waals surface area contributed by atoms with Gasteiger partial charge in [-0.3, -0.25) is 0 Å². The van der Waals surface area contributed by atoms with Gasteiger partial charge in [-0.2, -0.15) is 0 Å². The van der Waals surface area contributed by atoms with Crippen LogP contribution in [0.25, 0.3) is 121 Å². The summed E-state index contributed by atoms with van der Waals surface area (Å²) < 4.78 is 7.06. The van der Waals surface area contributed by atoms with Crippen molar-refractivity contribution in [3.63, 3.8) is 0 Å². The van der Waals surface area contributed by atoms with Crippen LogP contribution < -0.4 is 0 Å². The number of hydrogen-bond acceptors (Lipinski definition) is 1. The minimum absolute atomic E-state index is 0.892. The molecule has 0 fully saturated rings. The molecule has 294 valence electrons. The first-order valence-corrected chi connectivity index (χ1v) is 21.7. The van der Waals surface area contributed by atoms with Crippen LogP contribution in [0.2, 0.25) is 0 Å². The van der Waals surface area contributed by atoms with E-state index in [1.54, 1.807) is 0 Å². The molecule has 0 aliphatic rings. The normalized spacial score (nSPS) is 11.5. The van der Waals surface area contributed by atoms with Gasteiger partial charge in [0.25, 0.3) is 0 Å². The van der Waals surface area contributed by atoms with E-state index in [4.69, 9.17) is 4.42 Å². The monoisotopic (exact) mass is 800 g/mol. The highest BCUT2D eigenvalue weighted by Crippen LogP contribution is 2.47. The van der Waals surface area contributed by atoms with Gasteiger partial charge in [0.1, 0.15) is 11.2 Å². The van der Waals surface area contributed by atoms with Gasteiger partial charge in [-0.05, 0) is 125 Å². The van der Waals surface area contributed by atoms with Gasteiger partial charge in [0.15, 0.2) is 0 Å². The van der Waals surface area contributed by atoms with E-state index in [1.807, 2.05) is 0 Å². The van der Waals surface area contributed by atoms with Crippen molar-refractivity contribution in [3.05, 3.63) is 243 Å².